The molecule has 17 heavy (non-hydrogen) atoms. The largest absolute Gasteiger partial charge is 0.301 e. The Morgan fingerprint density at radius 2 is 2.00 bits per heavy atom. The average Bonchev–Trinajstić information content (AvgIpc) is 2.74. The topological polar surface area (TPSA) is 27.0 Å². The van der Waals surface area contributed by atoms with Crippen LogP contribution < -0.4 is 0 Å². The van der Waals surface area contributed by atoms with Crippen LogP contribution in [0.2, 0.25) is 0 Å². The van der Waals surface area contributed by atoms with Gasteiger partial charge in [0.15, 0.2) is 0 Å². The maximum atomic E-state index is 8.75. The number of halogens is 1. The number of nitriles is 1. The molecule has 1 fully saturated rings. The summed E-state index contributed by atoms with van der Waals surface area (Å²) in [6, 6.07) is 2.27. The van der Waals surface area contributed by atoms with E-state index in [1.54, 1.807) is 0 Å². The lowest BCUT2D eigenvalue weighted by Crippen LogP contribution is -2.39. The van der Waals surface area contributed by atoms with E-state index in [0.717, 1.165) is 25.0 Å². The molecule has 0 bridgehead atoms. The monoisotopic (exact) mass is 300 g/mol. The molecule has 0 atom stereocenters. The predicted molar refractivity (Wildman–Crippen MR) is 76.2 cm³/mol. The third-order valence-corrected chi connectivity index (χ3v) is 4.86. The fourth-order valence-electron chi connectivity index (χ4n) is 2.89. The molecule has 1 aliphatic carbocycles. The first-order chi connectivity index (χ1) is 8.12. The number of hydrogen-bond donors (Lipinski definition) is 0. The van der Waals surface area contributed by atoms with Gasteiger partial charge in [-0.25, -0.2) is 0 Å². The van der Waals surface area contributed by atoms with Gasteiger partial charge in [-0.1, -0.05) is 42.6 Å². The first-order valence-corrected chi connectivity index (χ1v) is 7.89. The minimum Gasteiger partial charge on any atom is -0.301 e. The Morgan fingerprint density at radius 3 is 2.47 bits per heavy atom. The van der Waals surface area contributed by atoms with E-state index in [9.17, 15) is 0 Å². The molecule has 0 saturated heterocycles. The Balaban J connectivity index is 2.53. The molecule has 1 saturated carbocycles. The second-order valence-corrected chi connectivity index (χ2v) is 6.44. The fraction of sp³-hybridized carbons (Fsp3) is 0.929. The van der Waals surface area contributed by atoms with Gasteiger partial charge in [0.2, 0.25) is 0 Å². The maximum Gasteiger partial charge on any atom is 0.0635 e. The first-order valence-electron chi connectivity index (χ1n) is 6.77. The van der Waals surface area contributed by atoms with Crippen LogP contribution in [0, 0.1) is 22.7 Å². The van der Waals surface area contributed by atoms with Crippen molar-refractivity contribution >= 4 is 15.9 Å². The summed E-state index contributed by atoms with van der Waals surface area (Å²) in [5.41, 5.74) is 0.477. The molecule has 1 aliphatic rings. The van der Waals surface area contributed by atoms with Crippen LogP contribution in [0.25, 0.3) is 0 Å². The first kappa shape index (κ1) is 15.0. The van der Waals surface area contributed by atoms with Crippen molar-refractivity contribution in [3.8, 4) is 6.07 Å². The van der Waals surface area contributed by atoms with E-state index in [4.69, 9.17) is 5.26 Å². The van der Waals surface area contributed by atoms with Gasteiger partial charge in [-0.2, -0.15) is 5.26 Å². The second kappa shape index (κ2) is 7.38. The van der Waals surface area contributed by atoms with Crippen LogP contribution in [-0.2, 0) is 0 Å². The highest BCUT2D eigenvalue weighted by molar-refractivity contribution is 9.09. The van der Waals surface area contributed by atoms with Gasteiger partial charge in [0.1, 0.15) is 0 Å². The standard InChI is InChI=1S/C14H25BrN2/c1-13(2)10-17(9-5-8-16)12-14(11-15)6-3-4-7-14/h13H,3-7,9-12H2,1-2H3. The summed E-state index contributed by atoms with van der Waals surface area (Å²) in [6.07, 6.45) is 6.10. The molecule has 0 spiro atoms. The van der Waals surface area contributed by atoms with Crippen molar-refractivity contribution in [3.05, 3.63) is 0 Å². The number of hydrogen-bond acceptors (Lipinski definition) is 2. The van der Waals surface area contributed by atoms with Gasteiger partial charge >= 0.3 is 0 Å². The molecule has 98 valence electrons. The second-order valence-electron chi connectivity index (χ2n) is 5.88. The van der Waals surface area contributed by atoms with Crippen LogP contribution in [0.15, 0.2) is 0 Å². The highest BCUT2D eigenvalue weighted by atomic mass is 79.9. The van der Waals surface area contributed by atoms with Crippen LogP contribution in [-0.4, -0.2) is 29.9 Å². The number of nitrogens with zero attached hydrogens (tertiary/aromatic N) is 2. The summed E-state index contributed by atoms with van der Waals surface area (Å²) < 4.78 is 0. The van der Waals surface area contributed by atoms with Gasteiger partial charge < -0.3 is 4.90 Å². The summed E-state index contributed by atoms with van der Waals surface area (Å²) in [5.74, 6) is 0.683. The molecule has 0 aromatic rings. The predicted octanol–water partition coefficient (Wildman–Crippen LogP) is 3.81. The van der Waals surface area contributed by atoms with Gasteiger partial charge in [0.05, 0.1) is 6.07 Å². The van der Waals surface area contributed by atoms with Gasteiger partial charge in [-0.3, -0.25) is 0 Å². The van der Waals surface area contributed by atoms with E-state index in [1.807, 2.05) is 0 Å². The zero-order valence-corrected chi connectivity index (χ0v) is 12.8. The lowest BCUT2D eigenvalue weighted by molar-refractivity contribution is 0.160. The van der Waals surface area contributed by atoms with Crippen molar-refractivity contribution in [1.29, 1.82) is 5.26 Å². The molecular formula is C14H25BrN2. The Hall–Kier alpha value is -0.0700. The lowest BCUT2D eigenvalue weighted by atomic mass is 9.88. The number of alkyl halides is 1. The summed E-state index contributed by atoms with van der Waals surface area (Å²) in [4.78, 5) is 2.50. The quantitative estimate of drug-likeness (QED) is 0.669. The van der Waals surface area contributed by atoms with Crippen LogP contribution >= 0.6 is 15.9 Å². The molecule has 3 heteroatoms. The summed E-state index contributed by atoms with van der Waals surface area (Å²) in [7, 11) is 0. The molecule has 2 nitrogen and oxygen atoms in total. The van der Waals surface area contributed by atoms with E-state index >= 15 is 0 Å². The SMILES string of the molecule is CC(C)CN(CCC#N)CC1(CBr)CCCC1. The fourth-order valence-corrected chi connectivity index (χ4v) is 3.63. The van der Waals surface area contributed by atoms with Crippen molar-refractivity contribution in [1.82, 2.24) is 4.90 Å². The normalized spacial score (nSPS) is 18.8. The minimum atomic E-state index is 0.477. The van der Waals surface area contributed by atoms with Gasteiger partial charge in [-0.05, 0) is 24.2 Å². The molecule has 0 aliphatic heterocycles. The molecule has 0 aromatic carbocycles. The highest BCUT2D eigenvalue weighted by Crippen LogP contribution is 2.40. The van der Waals surface area contributed by atoms with Crippen molar-refractivity contribution in [3.63, 3.8) is 0 Å². The molecule has 0 unspecified atom stereocenters. The zero-order valence-electron chi connectivity index (χ0n) is 11.2. The molecule has 0 N–H and O–H groups in total. The van der Waals surface area contributed by atoms with E-state index in [0.29, 0.717) is 17.8 Å². The minimum absolute atomic E-state index is 0.477. The van der Waals surface area contributed by atoms with Crippen LogP contribution in [0.4, 0.5) is 0 Å². The van der Waals surface area contributed by atoms with Crippen LogP contribution in [0.1, 0.15) is 46.0 Å². The molecular weight excluding hydrogens is 276 g/mol. The summed E-state index contributed by atoms with van der Waals surface area (Å²) in [5, 5.41) is 9.86. The van der Waals surface area contributed by atoms with Crippen LogP contribution in [0.3, 0.4) is 0 Å². The van der Waals surface area contributed by atoms with Crippen molar-refractivity contribution in [2.45, 2.75) is 46.0 Å². The van der Waals surface area contributed by atoms with Crippen LogP contribution in [0.5, 0.6) is 0 Å². The summed E-state index contributed by atoms with van der Waals surface area (Å²) >= 11 is 3.70. The Morgan fingerprint density at radius 1 is 1.35 bits per heavy atom. The maximum absolute atomic E-state index is 8.75. The van der Waals surface area contributed by atoms with Gasteiger partial charge in [0.25, 0.3) is 0 Å². The molecule has 0 heterocycles. The van der Waals surface area contributed by atoms with Gasteiger partial charge in [-0.15, -0.1) is 0 Å². The molecule has 0 radical (unpaired) electrons. The molecule has 1 rings (SSSR count). The van der Waals surface area contributed by atoms with E-state index in [1.165, 1.54) is 25.7 Å². The smallest absolute Gasteiger partial charge is 0.0635 e. The molecule has 0 amide bonds. The van der Waals surface area contributed by atoms with E-state index < -0.39 is 0 Å². The zero-order chi connectivity index (χ0) is 12.7. The average molecular weight is 301 g/mol. The molecule has 0 aromatic heterocycles. The lowest BCUT2D eigenvalue weighted by Gasteiger charge is -2.34. The van der Waals surface area contributed by atoms with Crippen molar-refractivity contribution in [2.24, 2.45) is 11.3 Å². The Labute approximate surface area is 114 Å². The van der Waals surface area contributed by atoms with Crippen molar-refractivity contribution < 1.29 is 0 Å². The Kier molecular flexibility index (Phi) is 6.51. The van der Waals surface area contributed by atoms with E-state index in [2.05, 4.69) is 40.7 Å². The summed E-state index contributed by atoms with van der Waals surface area (Å²) in [6.45, 7) is 7.74. The number of rotatable bonds is 7. The third-order valence-electron chi connectivity index (χ3n) is 3.67. The van der Waals surface area contributed by atoms with E-state index in [-0.39, 0.29) is 0 Å². The highest BCUT2D eigenvalue weighted by Gasteiger charge is 2.34. The third kappa shape index (κ3) is 4.97. The van der Waals surface area contributed by atoms with Crippen molar-refractivity contribution in [2.75, 3.05) is 25.0 Å². The van der Waals surface area contributed by atoms with Gasteiger partial charge in [0, 0.05) is 31.4 Å². The Bertz CT molecular complexity index is 251.